The summed E-state index contributed by atoms with van der Waals surface area (Å²) < 4.78 is 0. The van der Waals surface area contributed by atoms with Crippen LogP contribution >= 0.6 is 0 Å². The molecule has 3 nitrogen and oxygen atoms in total. The third-order valence-electron chi connectivity index (χ3n) is 3.11. The molecule has 1 unspecified atom stereocenters. The van der Waals surface area contributed by atoms with Crippen LogP contribution in [0.1, 0.15) is 6.92 Å². The lowest BCUT2D eigenvalue weighted by atomic mass is 10.0. The largest absolute Gasteiger partial charge is 0.481 e. The maximum atomic E-state index is 10.7. The molecule has 1 heterocycles. The van der Waals surface area contributed by atoms with E-state index in [1.54, 1.807) is 0 Å². The zero-order valence-electron chi connectivity index (χ0n) is 5.92. The van der Waals surface area contributed by atoms with Crippen LogP contribution in [-0.2, 0) is 4.79 Å². The second-order valence-electron chi connectivity index (χ2n) is 3.46. The van der Waals surface area contributed by atoms with Crippen LogP contribution in [0.4, 0.5) is 0 Å². The summed E-state index contributed by atoms with van der Waals surface area (Å²) in [6, 6.07) is 0. The van der Waals surface area contributed by atoms with E-state index in [2.05, 4.69) is 5.32 Å². The number of carboxylic acid groups (broad SMARTS) is 1. The quantitative estimate of drug-likeness (QED) is 0.537. The van der Waals surface area contributed by atoms with Crippen LogP contribution in [0.3, 0.4) is 0 Å². The molecule has 2 fully saturated rings. The Bertz CT molecular complexity index is 180. The highest BCUT2D eigenvalue weighted by molar-refractivity contribution is 5.79. The molecule has 3 atom stereocenters. The molecule has 2 N–H and O–H groups in total. The molecule has 1 aliphatic carbocycles. The average molecular weight is 141 g/mol. The molecule has 0 aromatic rings. The predicted molar refractivity (Wildman–Crippen MR) is 35.6 cm³/mol. The smallest absolute Gasteiger partial charge is 0.310 e. The van der Waals surface area contributed by atoms with Gasteiger partial charge in [0, 0.05) is 0 Å². The van der Waals surface area contributed by atoms with Crippen molar-refractivity contribution in [1.29, 1.82) is 0 Å². The molecule has 3 heteroatoms. The van der Waals surface area contributed by atoms with Crippen molar-refractivity contribution in [2.75, 3.05) is 13.1 Å². The van der Waals surface area contributed by atoms with Crippen LogP contribution in [0.25, 0.3) is 0 Å². The second kappa shape index (κ2) is 1.53. The first-order chi connectivity index (χ1) is 4.67. The summed E-state index contributed by atoms with van der Waals surface area (Å²) in [6.45, 7) is 3.65. The Morgan fingerprint density at radius 2 is 2.10 bits per heavy atom. The van der Waals surface area contributed by atoms with E-state index >= 15 is 0 Å². The van der Waals surface area contributed by atoms with E-state index in [-0.39, 0.29) is 5.41 Å². The van der Waals surface area contributed by atoms with Gasteiger partial charge in [-0.2, -0.15) is 0 Å². The lowest BCUT2D eigenvalue weighted by molar-refractivity contribution is -0.143. The Kier molecular flexibility index (Phi) is 0.944. The molecule has 0 aromatic heterocycles. The minimum Gasteiger partial charge on any atom is -0.481 e. The van der Waals surface area contributed by atoms with Gasteiger partial charge in [-0.25, -0.2) is 0 Å². The van der Waals surface area contributed by atoms with Crippen LogP contribution in [-0.4, -0.2) is 24.2 Å². The number of carboxylic acids is 1. The Hall–Kier alpha value is -0.570. The summed E-state index contributed by atoms with van der Waals surface area (Å²) in [5.74, 6) is 0.194. The molecule has 0 aromatic carbocycles. The highest BCUT2D eigenvalue weighted by Crippen LogP contribution is 2.60. The van der Waals surface area contributed by atoms with E-state index in [0.29, 0.717) is 11.8 Å². The summed E-state index contributed by atoms with van der Waals surface area (Å²) in [6.07, 6.45) is 0. The molecule has 0 amide bonds. The lowest BCUT2D eigenvalue weighted by Crippen LogP contribution is -2.26. The highest BCUT2D eigenvalue weighted by atomic mass is 16.4. The van der Waals surface area contributed by atoms with Crippen LogP contribution in [0.15, 0.2) is 0 Å². The fraction of sp³-hybridized carbons (Fsp3) is 0.857. The maximum absolute atomic E-state index is 10.7. The minimum absolute atomic E-state index is 0.384. The highest BCUT2D eigenvalue weighted by Gasteiger charge is 2.68. The van der Waals surface area contributed by atoms with E-state index in [0.717, 1.165) is 13.1 Å². The van der Waals surface area contributed by atoms with E-state index in [9.17, 15) is 4.79 Å². The van der Waals surface area contributed by atoms with Crippen LogP contribution in [0.5, 0.6) is 0 Å². The Balaban J connectivity index is 2.17. The Morgan fingerprint density at radius 3 is 2.40 bits per heavy atom. The van der Waals surface area contributed by atoms with Gasteiger partial charge in [-0.1, -0.05) is 0 Å². The van der Waals surface area contributed by atoms with Crippen molar-refractivity contribution in [3.05, 3.63) is 0 Å². The number of carbonyl (C=O) groups is 1. The zero-order valence-corrected chi connectivity index (χ0v) is 5.92. The van der Waals surface area contributed by atoms with Gasteiger partial charge in [0.05, 0.1) is 5.41 Å². The molecular weight excluding hydrogens is 130 g/mol. The SMILES string of the molecule is CC1(C(=O)O)[C@@H]2CNC[C@@H]21. The topological polar surface area (TPSA) is 49.3 Å². The Morgan fingerprint density at radius 1 is 1.60 bits per heavy atom. The maximum Gasteiger partial charge on any atom is 0.310 e. The van der Waals surface area contributed by atoms with Gasteiger partial charge in [-0.05, 0) is 31.8 Å². The standard InChI is InChI=1S/C7H11NO2/c1-7(6(9)10)4-2-8-3-5(4)7/h4-5,8H,2-3H2,1H3,(H,9,10)/t4-,5+,7?. The molecule has 56 valence electrons. The summed E-state index contributed by atoms with van der Waals surface area (Å²) in [5, 5.41) is 12.0. The third kappa shape index (κ3) is 0.475. The van der Waals surface area contributed by atoms with Crippen molar-refractivity contribution in [2.24, 2.45) is 17.3 Å². The monoisotopic (exact) mass is 141 g/mol. The zero-order chi connectivity index (χ0) is 7.35. The number of aliphatic carboxylic acids is 1. The fourth-order valence-electron chi connectivity index (χ4n) is 2.12. The molecule has 0 radical (unpaired) electrons. The van der Waals surface area contributed by atoms with Gasteiger partial charge in [-0.15, -0.1) is 0 Å². The molecule has 2 rings (SSSR count). The summed E-state index contributed by atoms with van der Waals surface area (Å²) in [7, 11) is 0. The number of hydrogen-bond acceptors (Lipinski definition) is 2. The van der Waals surface area contributed by atoms with Gasteiger partial charge in [0.25, 0.3) is 0 Å². The minimum atomic E-state index is -0.621. The van der Waals surface area contributed by atoms with Crippen molar-refractivity contribution in [2.45, 2.75) is 6.92 Å². The van der Waals surface area contributed by atoms with Gasteiger partial charge in [0.1, 0.15) is 0 Å². The molecule has 0 spiro atoms. The average Bonchev–Trinajstić information content (AvgIpc) is 2.28. The third-order valence-corrected chi connectivity index (χ3v) is 3.11. The molecule has 1 aliphatic heterocycles. The van der Waals surface area contributed by atoms with Crippen molar-refractivity contribution < 1.29 is 9.90 Å². The molecule has 10 heavy (non-hydrogen) atoms. The van der Waals surface area contributed by atoms with Gasteiger partial charge in [0.2, 0.25) is 0 Å². The van der Waals surface area contributed by atoms with E-state index in [1.165, 1.54) is 0 Å². The van der Waals surface area contributed by atoms with Gasteiger partial charge in [-0.3, -0.25) is 4.79 Å². The van der Waals surface area contributed by atoms with Crippen molar-refractivity contribution in [1.82, 2.24) is 5.32 Å². The fourth-order valence-corrected chi connectivity index (χ4v) is 2.12. The predicted octanol–water partition coefficient (Wildman–Crippen LogP) is -0.0735. The van der Waals surface area contributed by atoms with Gasteiger partial charge in [0.15, 0.2) is 0 Å². The summed E-state index contributed by atoms with van der Waals surface area (Å²) in [4.78, 5) is 10.7. The first kappa shape index (κ1) is 6.16. The van der Waals surface area contributed by atoms with E-state index < -0.39 is 5.97 Å². The normalized spacial score (nSPS) is 50.5. The van der Waals surface area contributed by atoms with Gasteiger partial charge < -0.3 is 10.4 Å². The number of hydrogen-bond donors (Lipinski definition) is 2. The molecule has 1 saturated heterocycles. The number of nitrogens with one attached hydrogen (secondary N) is 1. The van der Waals surface area contributed by atoms with Crippen molar-refractivity contribution >= 4 is 5.97 Å². The molecular formula is C7H11NO2. The lowest BCUT2D eigenvalue weighted by Gasteiger charge is -2.08. The molecule has 0 bridgehead atoms. The first-order valence-corrected chi connectivity index (χ1v) is 3.61. The first-order valence-electron chi connectivity index (χ1n) is 3.61. The van der Waals surface area contributed by atoms with Crippen LogP contribution in [0.2, 0.25) is 0 Å². The van der Waals surface area contributed by atoms with Crippen molar-refractivity contribution in [3.8, 4) is 0 Å². The Labute approximate surface area is 59.4 Å². The van der Waals surface area contributed by atoms with Crippen LogP contribution in [0, 0.1) is 17.3 Å². The second-order valence-corrected chi connectivity index (χ2v) is 3.46. The number of fused-ring (bicyclic) bond motifs is 1. The van der Waals surface area contributed by atoms with Crippen LogP contribution < -0.4 is 5.32 Å². The summed E-state index contributed by atoms with van der Waals surface area (Å²) >= 11 is 0. The summed E-state index contributed by atoms with van der Waals surface area (Å²) in [5.41, 5.74) is -0.384. The number of rotatable bonds is 1. The molecule has 1 saturated carbocycles. The van der Waals surface area contributed by atoms with Gasteiger partial charge >= 0.3 is 5.97 Å². The molecule has 2 aliphatic rings. The number of piperidine rings is 1. The van der Waals surface area contributed by atoms with E-state index in [4.69, 9.17) is 5.11 Å². The van der Waals surface area contributed by atoms with Crippen molar-refractivity contribution in [3.63, 3.8) is 0 Å². The van der Waals surface area contributed by atoms with E-state index in [1.807, 2.05) is 6.92 Å².